The molecule has 7 heteroatoms. The second-order valence-corrected chi connectivity index (χ2v) is 2.19. The molecule has 70 valence electrons. The maximum absolute atomic E-state index is 12.5. The van der Waals surface area contributed by atoms with E-state index in [2.05, 4.69) is 9.47 Å². The molecule has 1 heterocycles. The molecular formula is C5H3F5O2. The Morgan fingerprint density at radius 1 is 1.17 bits per heavy atom. The van der Waals surface area contributed by atoms with Gasteiger partial charge in [-0.2, -0.15) is 22.0 Å². The van der Waals surface area contributed by atoms with E-state index in [1.807, 2.05) is 0 Å². The molecule has 0 aliphatic carbocycles. The number of rotatable bonds is 0. The van der Waals surface area contributed by atoms with Crippen LogP contribution in [0.3, 0.4) is 0 Å². The quantitative estimate of drug-likeness (QED) is 0.546. The SMILES string of the molecule is CC1(F)OC(=C(F)F)OC1(F)F. The van der Waals surface area contributed by atoms with Crippen LogP contribution in [0.1, 0.15) is 6.92 Å². The third-order valence-corrected chi connectivity index (χ3v) is 1.18. The van der Waals surface area contributed by atoms with Crippen LogP contribution in [0.5, 0.6) is 0 Å². The van der Waals surface area contributed by atoms with E-state index in [1.165, 1.54) is 0 Å². The molecule has 0 spiro atoms. The van der Waals surface area contributed by atoms with E-state index in [-0.39, 0.29) is 0 Å². The molecule has 1 aliphatic heterocycles. The lowest BCUT2D eigenvalue weighted by Gasteiger charge is -2.15. The van der Waals surface area contributed by atoms with E-state index in [0.717, 1.165) is 0 Å². The minimum Gasteiger partial charge on any atom is -0.414 e. The Hall–Kier alpha value is -1.01. The molecule has 0 bridgehead atoms. The zero-order valence-electron chi connectivity index (χ0n) is 5.71. The molecule has 0 aromatic rings. The van der Waals surface area contributed by atoms with Crippen LogP contribution >= 0.6 is 0 Å². The van der Waals surface area contributed by atoms with Crippen LogP contribution in [-0.4, -0.2) is 12.0 Å². The van der Waals surface area contributed by atoms with Crippen molar-refractivity contribution in [3.63, 3.8) is 0 Å². The molecule has 1 unspecified atom stereocenters. The van der Waals surface area contributed by atoms with Crippen LogP contribution in [0, 0.1) is 0 Å². The maximum atomic E-state index is 12.5. The summed E-state index contributed by atoms with van der Waals surface area (Å²) in [6, 6.07) is 0. The highest BCUT2D eigenvalue weighted by Gasteiger charge is 2.64. The fraction of sp³-hybridized carbons (Fsp3) is 0.600. The second kappa shape index (κ2) is 2.24. The molecule has 0 N–H and O–H groups in total. The van der Waals surface area contributed by atoms with Gasteiger partial charge in [0.15, 0.2) is 0 Å². The molecule has 0 aromatic carbocycles. The van der Waals surface area contributed by atoms with Crippen LogP contribution in [0.4, 0.5) is 22.0 Å². The molecule has 2 nitrogen and oxygen atoms in total. The number of halogens is 5. The summed E-state index contributed by atoms with van der Waals surface area (Å²) in [5, 5.41) is 0. The predicted molar refractivity (Wildman–Crippen MR) is 25.9 cm³/mol. The standard InChI is InChI=1S/C5H3F5O2/c1-4(8)5(9,10)12-3(11-4)2(6)7/h1H3. The van der Waals surface area contributed by atoms with Gasteiger partial charge in [0.25, 0.3) is 0 Å². The Labute approximate surface area is 63.6 Å². The van der Waals surface area contributed by atoms with Gasteiger partial charge in [-0.15, -0.1) is 0 Å². The monoisotopic (exact) mass is 190 g/mol. The molecule has 1 rings (SSSR count). The van der Waals surface area contributed by atoms with Crippen LogP contribution in [0.15, 0.2) is 12.0 Å². The van der Waals surface area contributed by atoms with Crippen molar-refractivity contribution in [2.75, 3.05) is 0 Å². The summed E-state index contributed by atoms with van der Waals surface area (Å²) < 4.78 is 66.9. The molecule has 0 aromatic heterocycles. The Bertz CT molecular complexity index is 212. The summed E-state index contributed by atoms with van der Waals surface area (Å²) in [7, 11) is 0. The van der Waals surface area contributed by atoms with Crippen molar-refractivity contribution in [2.45, 2.75) is 18.9 Å². The minimum atomic E-state index is -4.38. The number of hydrogen-bond donors (Lipinski definition) is 0. The van der Waals surface area contributed by atoms with Crippen LogP contribution < -0.4 is 0 Å². The zero-order chi connectivity index (χ0) is 9.57. The molecule has 1 aliphatic rings. The Morgan fingerprint density at radius 3 is 1.83 bits per heavy atom. The van der Waals surface area contributed by atoms with Gasteiger partial charge in [-0.3, -0.25) is 0 Å². The minimum absolute atomic E-state index is 0.295. The fourth-order valence-electron chi connectivity index (χ4n) is 0.539. The largest absolute Gasteiger partial charge is 0.473 e. The summed E-state index contributed by atoms with van der Waals surface area (Å²) in [5.74, 6) is -5.32. The van der Waals surface area contributed by atoms with Gasteiger partial charge >= 0.3 is 24.0 Å². The lowest BCUT2D eigenvalue weighted by Crippen LogP contribution is -2.37. The Morgan fingerprint density at radius 2 is 1.67 bits per heavy atom. The van der Waals surface area contributed by atoms with E-state index < -0.39 is 24.0 Å². The van der Waals surface area contributed by atoms with Gasteiger partial charge < -0.3 is 9.47 Å². The highest BCUT2D eigenvalue weighted by molar-refractivity contribution is 4.95. The molecule has 0 radical (unpaired) electrons. The van der Waals surface area contributed by atoms with E-state index >= 15 is 0 Å². The van der Waals surface area contributed by atoms with Crippen LogP contribution in [0.25, 0.3) is 0 Å². The predicted octanol–water partition coefficient (Wildman–Crippen LogP) is 2.38. The lowest BCUT2D eigenvalue weighted by atomic mass is 10.3. The van der Waals surface area contributed by atoms with Gasteiger partial charge in [0, 0.05) is 6.92 Å². The normalized spacial score (nSPS) is 32.7. The number of ether oxygens (including phenoxy) is 2. The van der Waals surface area contributed by atoms with E-state index in [1.54, 1.807) is 0 Å². The van der Waals surface area contributed by atoms with Crippen LogP contribution in [0.2, 0.25) is 0 Å². The van der Waals surface area contributed by atoms with Gasteiger partial charge in [0.2, 0.25) is 0 Å². The van der Waals surface area contributed by atoms with Crippen molar-refractivity contribution in [2.24, 2.45) is 0 Å². The fourth-order valence-corrected chi connectivity index (χ4v) is 0.539. The molecular weight excluding hydrogens is 187 g/mol. The van der Waals surface area contributed by atoms with Crippen molar-refractivity contribution in [1.29, 1.82) is 0 Å². The van der Waals surface area contributed by atoms with Crippen molar-refractivity contribution in [1.82, 2.24) is 0 Å². The molecule has 1 atom stereocenters. The molecule has 1 fully saturated rings. The summed E-state index contributed by atoms with van der Waals surface area (Å²) in [6.45, 7) is 0.295. The van der Waals surface area contributed by atoms with Crippen LogP contribution in [-0.2, 0) is 9.47 Å². The van der Waals surface area contributed by atoms with Gasteiger partial charge in [-0.1, -0.05) is 0 Å². The van der Waals surface area contributed by atoms with Gasteiger partial charge in [-0.25, -0.2) is 0 Å². The van der Waals surface area contributed by atoms with E-state index in [4.69, 9.17) is 0 Å². The first-order valence-electron chi connectivity index (χ1n) is 2.76. The van der Waals surface area contributed by atoms with Gasteiger partial charge in [-0.05, 0) is 0 Å². The summed E-state index contributed by atoms with van der Waals surface area (Å²) in [4.78, 5) is 0. The topological polar surface area (TPSA) is 18.5 Å². The van der Waals surface area contributed by atoms with Crippen molar-refractivity contribution in [3.8, 4) is 0 Å². The average Bonchev–Trinajstić information content (AvgIpc) is 2.03. The second-order valence-electron chi connectivity index (χ2n) is 2.19. The number of alkyl halides is 3. The van der Waals surface area contributed by atoms with Crippen molar-refractivity contribution < 1.29 is 31.4 Å². The summed E-state index contributed by atoms with van der Waals surface area (Å²) in [6.07, 6.45) is -7.01. The van der Waals surface area contributed by atoms with Crippen molar-refractivity contribution >= 4 is 0 Å². The summed E-state index contributed by atoms with van der Waals surface area (Å²) >= 11 is 0. The Kier molecular flexibility index (Phi) is 1.69. The van der Waals surface area contributed by atoms with Gasteiger partial charge in [0.05, 0.1) is 0 Å². The highest BCUT2D eigenvalue weighted by Crippen LogP contribution is 2.45. The summed E-state index contributed by atoms with van der Waals surface area (Å²) in [5.41, 5.74) is 0. The molecule has 0 saturated carbocycles. The van der Waals surface area contributed by atoms with E-state index in [0.29, 0.717) is 6.92 Å². The molecule has 1 saturated heterocycles. The highest BCUT2D eigenvalue weighted by atomic mass is 19.3. The van der Waals surface area contributed by atoms with Crippen molar-refractivity contribution in [3.05, 3.63) is 12.0 Å². The molecule has 0 amide bonds. The maximum Gasteiger partial charge on any atom is 0.473 e. The first-order valence-corrected chi connectivity index (χ1v) is 2.76. The third kappa shape index (κ3) is 1.19. The average molecular weight is 190 g/mol. The van der Waals surface area contributed by atoms with E-state index in [9.17, 15) is 22.0 Å². The van der Waals surface area contributed by atoms with Gasteiger partial charge in [0.1, 0.15) is 0 Å². The number of hydrogen-bond acceptors (Lipinski definition) is 2. The smallest absolute Gasteiger partial charge is 0.414 e. The molecule has 12 heavy (non-hydrogen) atoms. The zero-order valence-corrected chi connectivity index (χ0v) is 5.71. The first kappa shape index (κ1) is 9.08. The lowest BCUT2D eigenvalue weighted by molar-refractivity contribution is -0.280. The third-order valence-electron chi connectivity index (χ3n) is 1.18. The Balaban J connectivity index is 2.97. The first-order chi connectivity index (χ1) is 5.26.